The minimum absolute atomic E-state index is 0.138. The second-order valence-electron chi connectivity index (χ2n) is 3.90. The van der Waals surface area contributed by atoms with E-state index in [1.807, 2.05) is 0 Å². The lowest BCUT2D eigenvalue weighted by Gasteiger charge is -2.11. The Morgan fingerprint density at radius 2 is 2.19 bits per heavy atom. The van der Waals surface area contributed by atoms with Gasteiger partial charge in [-0.25, -0.2) is 4.98 Å². The van der Waals surface area contributed by atoms with Gasteiger partial charge in [-0.1, -0.05) is 6.08 Å². The van der Waals surface area contributed by atoms with Gasteiger partial charge in [0.15, 0.2) is 5.96 Å². The van der Waals surface area contributed by atoms with E-state index in [1.165, 1.54) is 6.07 Å². The van der Waals surface area contributed by atoms with Crippen LogP contribution >= 0.6 is 0 Å². The fraction of sp³-hybridized carbons (Fsp3) is 0.385. The molecular weight excluding hydrogens is 285 g/mol. The maximum Gasteiger partial charge on any atom is 0.417 e. The van der Waals surface area contributed by atoms with Crippen molar-refractivity contribution in [2.75, 3.05) is 26.7 Å². The second kappa shape index (κ2) is 8.13. The molecule has 0 bridgehead atoms. The highest BCUT2D eigenvalue weighted by molar-refractivity contribution is 5.79. The number of rotatable bonds is 6. The average Bonchev–Trinajstić information content (AvgIpc) is 2.46. The molecule has 0 aromatic carbocycles. The summed E-state index contributed by atoms with van der Waals surface area (Å²) in [6, 6.07) is 2.12. The molecule has 0 saturated carbocycles. The zero-order chi connectivity index (χ0) is 15.7. The maximum absolute atomic E-state index is 12.3. The number of hydrogen-bond acceptors (Lipinski definition) is 3. The summed E-state index contributed by atoms with van der Waals surface area (Å²) in [5.74, 6) is 0.720. The van der Waals surface area contributed by atoms with Crippen LogP contribution in [0, 0.1) is 0 Å². The topological polar surface area (TPSA) is 58.5 Å². The molecule has 0 amide bonds. The fourth-order valence-corrected chi connectivity index (χ4v) is 1.35. The fourth-order valence-electron chi connectivity index (χ4n) is 1.35. The molecule has 0 atom stereocenters. The van der Waals surface area contributed by atoms with Crippen LogP contribution in [0.25, 0.3) is 0 Å². The van der Waals surface area contributed by atoms with E-state index >= 15 is 0 Å². The Balaban J connectivity index is 2.34. The van der Waals surface area contributed by atoms with Crippen molar-refractivity contribution in [3.8, 4) is 5.88 Å². The van der Waals surface area contributed by atoms with Gasteiger partial charge in [-0.15, -0.1) is 6.58 Å². The average molecular weight is 302 g/mol. The quantitative estimate of drug-likeness (QED) is 0.364. The highest BCUT2D eigenvalue weighted by Crippen LogP contribution is 2.29. The summed E-state index contributed by atoms with van der Waals surface area (Å²) in [6.07, 6.45) is -1.96. The molecule has 5 nitrogen and oxygen atoms in total. The van der Waals surface area contributed by atoms with Crippen LogP contribution in [-0.4, -0.2) is 37.7 Å². The first-order valence-electron chi connectivity index (χ1n) is 6.19. The summed E-state index contributed by atoms with van der Waals surface area (Å²) >= 11 is 0. The van der Waals surface area contributed by atoms with Crippen LogP contribution in [0.5, 0.6) is 5.88 Å². The third kappa shape index (κ3) is 6.15. The molecule has 0 aliphatic rings. The first kappa shape index (κ1) is 16.8. The van der Waals surface area contributed by atoms with E-state index in [0.717, 1.165) is 12.3 Å². The lowest BCUT2D eigenvalue weighted by molar-refractivity contribution is -0.137. The van der Waals surface area contributed by atoms with E-state index in [9.17, 15) is 13.2 Å². The molecule has 0 aliphatic heterocycles. The predicted octanol–water partition coefficient (Wildman–Crippen LogP) is 1.83. The van der Waals surface area contributed by atoms with Gasteiger partial charge < -0.3 is 15.4 Å². The predicted molar refractivity (Wildman–Crippen MR) is 74.3 cm³/mol. The Morgan fingerprint density at radius 1 is 1.43 bits per heavy atom. The number of ether oxygens (including phenoxy) is 1. The normalized spacial score (nSPS) is 11.9. The van der Waals surface area contributed by atoms with E-state index < -0.39 is 11.7 Å². The second-order valence-corrected chi connectivity index (χ2v) is 3.90. The molecule has 0 unspecified atom stereocenters. The summed E-state index contributed by atoms with van der Waals surface area (Å²) in [4.78, 5) is 7.56. The van der Waals surface area contributed by atoms with Crippen molar-refractivity contribution in [2.24, 2.45) is 4.99 Å². The summed E-state index contributed by atoms with van der Waals surface area (Å²) in [5.41, 5.74) is -0.804. The molecule has 0 radical (unpaired) electrons. The molecule has 1 heterocycles. The number of pyridine rings is 1. The van der Waals surface area contributed by atoms with E-state index in [2.05, 4.69) is 27.2 Å². The minimum Gasteiger partial charge on any atom is -0.476 e. The number of nitrogens with zero attached hydrogens (tertiary/aromatic N) is 2. The molecule has 0 spiro atoms. The summed E-state index contributed by atoms with van der Waals surface area (Å²) in [6.45, 7) is 4.81. The van der Waals surface area contributed by atoms with Crippen molar-refractivity contribution in [1.82, 2.24) is 15.6 Å². The monoisotopic (exact) mass is 302 g/mol. The zero-order valence-electron chi connectivity index (χ0n) is 11.6. The SMILES string of the molecule is C=CCNC(=NC)NCCOc1ccc(C(F)(F)F)cn1. The molecule has 1 aromatic heterocycles. The Hall–Kier alpha value is -2.25. The highest BCUT2D eigenvalue weighted by atomic mass is 19.4. The Bertz CT molecular complexity index is 471. The molecular formula is C13H17F3N4O. The van der Waals surface area contributed by atoms with Gasteiger partial charge in [0.2, 0.25) is 5.88 Å². The lowest BCUT2D eigenvalue weighted by Crippen LogP contribution is -2.39. The van der Waals surface area contributed by atoms with Crippen molar-refractivity contribution in [1.29, 1.82) is 0 Å². The Morgan fingerprint density at radius 3 is 2.71 bits per heavy atom. The lowest BCUT2D eigenvalue weighted by atomic mass is 10.3. The Kier molecular flexibility index (Phi) is 6.51. The number of nitrogens with one attached hydrogen (secondary N) is 2. The van der Waals surface area contributed by atoms with Gasteiger partial charge in [0.05, 0.1) is 12.1 Å². The largest absolute Gasteiger partial charge is 0.476 e. The van der Waals surface area contributed by atoms with Gasteiger partial charge in [-0.2, -0.15) is 13.2 Å². The van der Waals surface area contributed by atoms with E-state index in [4.69, 9.17) is 4.74 Å². The van der Waals surface area contributed by atoms with Crippen molar-refractivity contribution in [2.45, 2.75) is 6.18 Å². The smallest absolute Gasteiger partial charge is 0.417 e. The van der Waals surface area contributed by atoms with Crippen molar-refractivity contribution < 1.29 is 17.9 Å². The number of hydrogen-bond donors (Lipinski definition) is 2. The van der Waals surface area contributed by atoms with Gasteiger partial charge in [0.1, 0.15) is 6.61 Å². The zero-order valence-corrected chi connectivity index (χ0v) is 11.6. The summed E-state index contributed by atoms with van der Waals surface area (Å²) in [5, 5.41) is 5.93. The van der Waals surface area contributed by atoms with Crippen molar-refractivity contribution in [3.63, 3.8) is 0 Å². The molecule has 8 heteroatoms. The van der Waals surface area contributed by atoms with Gasteiger partial charge in [-0.05, 0) is 6.07 Å². The summed E-state index contributed by atoms with van der Waals surface area (Å²) < 4.78 is 42.2. The molecule has 0 fully saturated rings. The van der Waals surface area contributed by atoms with Crippen LogP contribution in [-0.2, 0) is 6.18 Å². The molecule has 116 valence electrons. The highest BCUT2D eigenvalue weighted by Gasteiger charge is 2.30. The molecule has 0 aliphatic carbocycles. The Labute approximate surface area is 120 Å². The van der Waals surface area contributed by atoms with Crippen molar-refractivity contribution >= 4 is 5.96 Å². The molecule has 0 saturated heterocycles. The van der Waals surface area contributed by atoms with Crippen molar-refractivity contribution in [3.05, 3.63) is 36.5 Å². The molecule has 1 rings (SSSR count). The van der Waals surface area contributed by atoms with Gasteiger partial charge in [0, 0.05) is 25.9 Å². The van der Waals surface area contributed by atoms with Crippen LogP contribution in [0.15, 0.2) is 36.0 Å². The first-order valence-corrected chi connectivity index (χ1v) is 6.19. The third-order valence-electron chi connectivity index (χ3n) is 2.35. The molecule has 1 aromatic rings. The van der Waals surface area contributed by atoms with Crippen LogP contribution in [0.4, 0.5) is 13.2 Å². The number of aliphatic imine (C=N–C) groups is 1. The number of aromatic nitrogens is 1. The molecule has 21 heavy (non-hydrogen) atoms. The van der Waals surface area contributed by atoms with E-state index in [0.29, 0.717) is 19.0 Å². The van der Waals surface area contributed by atoms with Crippen LogP contribution < -0.4 is 15.4 Å². The van der Waals surface area contributed by atoms with Crippen LogP contribution in [0.1, 0.15) is 5.56 Å². The van der Waals surface area contributed by atoms with Gasteiger partial charge >= 0.3 is 6.18 Å². The van der Waals surface area contributed by atoms with E-state index in [-0.39, 0.29) is 12.5 Å². The number of guanidine groups is 1. The van der Waals surface area contributed by atoms with Crippen LogP contribution in [0.3, 0.4) is 0 Å². The minimum atomic E-state index is -4.39. The van der Waals surface area contributed by atoms with Gasteiger partial charge in [-0.3, -0.25) is 4.99 Å². The standard InChI is InChI=1S/C13H17F3N4O/c1-3-6-18-12(17-2)19-7-8-21-11-5-4-10(9-20-11)13(14,15)16/h3-5,9H,1,6-8H2,2H3,(H2,17,18,19). The summed E-state index contributed by atoms with van der Waals surface area (Å²) in [7, 11) is 1.62. The maximum atomic E-state index is 12.3. The van der Waals surface area contributed by atoms with Crippen LogP contribution in [0.2, 0.25) is 0 Å². The van der Waals surface area contributed by atoms with E-state index in [1.54, 1.807) is 13.1 Å². The number of alkyl halides is 3. The third-order valence-corrected chi connectivity index (χ3v) is 2.35. The molecule has 2 N–H and O–H groups in total. The number of halogens is 3. The van der Waals surface area contributed by atoms with Gasteiger partial charge in [0.25, 0.3) is 0 Å². The first-order chi connectivity index (χ1) is 9.97.